The maximum Gasteiger partial charge on any atom is 0.273 e. The molecular weight excluding hydrogens is 341 g/mol. The summed E-state index contributed by atoms with van der Waals surface area (Å²) in [6.45, 7) is 7.96. The van der Waals surface area contributed by atoms with Crippen molar-refractivity contribution in [3.05, 3.63) is 71.8 Å². The van der Waals surface area contributed by atoms with E-state index in [0.29, 0.717) is 24.6 Å². The van der Waals surface area contributed by atoms with Crippen LogP contribution in [0.4, 0.5) is 0 Å². The van der Waals surface area contributed by atoms with Gasteiger partial charge in [0.2, 0.25) is 0 Å². The van der Waals surface area contributed by atoms with Crippen molar-refractivity contribution in [3.8, 4) is 0 Å². The van der Waals surface area contributed by atoms with E-state index in [1.807, 2.05) is 12.1 Å². The summed E-state index contributed by atoms with van der Waals surface area (Å²) in [4.78, 5) is 0. The second kappa shape index (κ2) is 8.52. The van der Waals surface area contributed by atoms with Crippen LogP contribution in [0.3, 0.4) is 0 Å². The van der Waals surface area contributed by atoms with Crippen LogP contribution in [-0.4, -0.2) is 24.0 Å². The van der Waals surface area contributed by atoms with Gasteiger partial charge in [0, 0.05) is 12.7 Å². The lowest BCUT2D eigenvalue weighted by Gasteiger charge is -2.42. The van der Waals surface area contributed by atoms with Crippen LogP contribution in [0.5, 0.6) is 0 Å². The summed E-state index contributed by atoms with van der Waals surface area (Å²) >= 11 is 0. The third-order valence-electron chi connectivity index (χ3n) is 5.40. The molecule has 0 aliphatic carbocycles. The Labute approximate surface area is 157 Å². The lowest BCUT2D eigenvalue weighted by molar-refractivity contribution is 0.184. The molecule has 0 radical (unpaired) electrons. The van der Waals surface area contributed by atoms with Crippen LogP contribution in [0.2, 0.25) is 0 Å². The maximum absolute atomic E-state index is 14.0. The minimum Gasteiger partial charge on any atom is -0.317 e. The molecule has 3 nitrogen and oxygen atoms in total. The first-order valence-electron chi connectivity index (χ1n) is 9.62. The number of hydrogen-bond acceptors (Lipinski definition) is 2. The quantitative estimate of drug-likeness (QED) is 0.585. The number of hydrogen-bond donors (Lipinski definition) is 0. The summed E-state index contributed by atoms with van der Waals surface area (Å²) in [5.41, 5.74) is 2.34. The normalized spacial score (nSPS) is 22.7. The van der Waals surface area contributed by atoms with Gasteiger partial charge in [-0.3, -0.25) is 4.57 Å². The van der Waals surface area contributed by atoms with Crippen LogP contribution in [0, 0.1) is 11.8 Å². The summed E-state index contributed by atoms with van der Waals surface area (Å²) in [6.07, 6.45) is 1.52. The fourth-order valence-corrected chi connectivity index (χ4v) is 6.60. The smallest absolute Gasteiger partial charge is 0.273 e. The topological polar surface area (TPSA) is 29.5 Å². The van der Waals surface area contributed by atoms with Crippen molar-refractivity contribution in [1.29, 1.82) is 0 Å². The zero-order valence-electron chi connectivity index (χ0n) is 16.0. The fraction of sp³-hybridized carbons (Fsp3) is 0.455. The van der Waals surface area contributed by atoms with Crippen molar-refractivity contribution in [2.24, 2.45) is 11.8 Å². The Hall–Kier alpha value is -1.41. The third-order valence-corrected chi connectivity index (χ3v) is 8.24. The summed E-state index contributed by atoms with van der Waals surface area (Å²) in [7, 11) is -2.89. The van der Waals surface area contributed by atoms with Crippen molar-refractivity contribution < 1.29 is 9.09 Å². The zero-order valence-corrected chi connectivity index (χ0v) is 16.9. The summed E-state index contributed by atoms with van der Waals surface area (Å²) in [5.74, 6) is 0.841. The van der Waals surface area contributed by atoms with Gasteiger partial charge < -0.3 is 4.52 Å². The predicted octanol–water partition coefficient (Wildman–Crippen LogP) is 5.98. The molecule has 0 bridgehead atoms. The molecule has 1 heterocycles. The minimum atomic E-state index is -2.89. The van der Waals surface area contributed by atoms with Crippen LogP contribution in [-0.2, 0) is 9.09 Å². The van der Waals surface area contributed by atoms with E-state index in [-0.39, 0.29) is 6.04 Å². The van der Waals surface area contributed by atoms with E-state index in [9.17, 15) is 4.57 Å². The van der Waals surface area contributed by atoms with Gasteiger partial charge in [0.15, 0.2) is 0 Å². The van der Waals surface area contributed by atoms with Gasteiger partial charge in [-0.15, -0.1) is 0 Å². The van der Waals surface area contributed by atoms with E-state index in [0.717, 1.165) is 13.0 Å². The van der Waals surface area contributed by atoms with Crippen LogP contribution in [0.15, 0.2) is 60.7 Å². The van der Waals surface area contributed by atoms with Crippen LogP contribution in [0.25, 0.3) is 0 Å². The minimum absolute atomic E-state index is 0.0390. The molecule has 0 aromatic heterocycles. The molecule has 1 saturated heterocycles. The van der Waals surface area contributed by atoms with Crippen molar-refractivity contribution in [2.75, 3.05) is 19.3 Å². The first-order chi connectivity index (χ1) is 12.5. The second-order valence-electron chi connectivity index (χ2n) is 7.62. The Balaban J connectivity index is 2.02. The summed E-state index contributed by atoms with van der Waals surface area (Å²) in [5, 5.41) is 0. The summed E-state index contributed by atoms with van der Waals surface area (Å²) in [6, 6.07) is 20.7. The Morgan fingerprint density at radius 3 is 2.00 bits per heavy atom. The van der Waals surface area contributed by atoms with E-state index in [2.05, 4.69) is 74.0 Å². The highest BCUT2D eigenvalue weighted by atomic mass is 31.2. The molecule has 140 valence electrons. The molecule has 1 aliphatic heterocycles. The molecule has 2 aromatic carbocycles. The van der Waals surface area contributed by atoms with E-state index in [4.69, 9.17) is 4.52 Å². The standard InChI is InChI=1S/C22H30NO2P/c1-18(2)19(3)17-26(24)23(15-10-16-25-26)22(20-11-6-4-7-12-20)21-13-8-5-9-14-21/h4-9,11-14,18-19,22H,10,15-17H2,1-3H3/t19-,26?/m0/s1. The molecule has 0 saturated carbocycles. The lowest BCUT2D eigenvalue weighted by atomic mass is 9.98. The van der Waals surface area contributed by atoms with Gasteiger partial charge in [-0.05, 0) is 29.4 Å². The average molecular weight is 371 g/mol. The fourth-order valence-electron chi connectivity index (χ4n) is 3.50. The Morgan fingerprint density at radius 1 is 0.962 bits per heavy atom. The number of nitrogens with zero attached hydrogens (tertiary/aromatic N) is 1. The van der Waals surface area contributed by atoms with Gasteiger partial charge in [0.25, 0.3) is 7.52 Å². The molecule has 1 fully saturated rings. The molecule has 3 rings (SSSR count). The average Bonchev–Trinajstić information content (AvgIpc) is 2.65. The largest absolute Gasteiger partial charge is 0.317 e. The summed E-state index contributed by atoms with van der Waals surface area (Å²) < 4.78 is 22.1. The molecule has 4 heteroatoms. The molecule has 2 aromatic rings. The van der Waals surface area contributed by atoms with Gasteiger partial charge >= 0.3 is 0 Å². The first kappa shape index (κ1) is 19.4. The van der Waals surface area contributed by atoms with Crippen molar-refractivity contribution in [1.82, 2.24) is 4.67 Å². The van der Waals surface area contributed by atoms with Gasteiger partial charge in [-0.1, -0.05) is 81.4 Å². The third kappa shape index (κ3) is 4.28. The molecule has 1 unspecified atom stereocenters. The van der Waals surface area contributed by atoms with Gasteiger partial charge in [0.05, 0.1) is 12.6 Å². The van der Waals surface area contributed by atoms with Gasteiger partial charge in [-0.25, -0.2) is 4.67 Å². The van der Waals surface area contributed by atoms with Crippen LogP contribution < -0.4 is 0 Å². The highest BCUT2D eigenvalue weighted by molar-refractivity contribution is 7.56. The SMILES string of the molecule is CC(C)[C@@H](C)CP1(=O)OCCCN1C(c1ccccc1)c1ccccc1. The zero-order chi connectivity index (χ0) is 18.6. The molecule has 0 spiro atoms. The van der Waals surface area contributed by atoms with Crippen molar-refractivity contribution >= 4 is 7.52 Å². The van der Waals surface area contributed by atoms with Crippen molar-refractivity contribution in [3.63, 3.8) is 0 Å². The van der Waals surface area contributed by atoms with E-state index < -0.39 is 7.52 Å². The highest BCUT2D eigenvalue weighted by Gasteiger charge is 2.41. The van der Waals surface area contributed by atoms with Gasteiger partial charge in [0.1, 0.15) is 0 Å². The highest BCUT2D eigenvalue weighted by Crippen LogP contribution is 2.59. The maximum atomic E-state index is 14.0. The molecule has 0 N–H and O–H groups in total. The van der Waals surface area contributed by atoms with Gasteiger partial charge in [-0.2, -0.15) is 0 Å². The van der Waals surface area contributed by atoms with E-state index >= 15 is 0 Å². The van der Waals surface area contributed by atoms with E-state index in [1.165, 1.54) is 11.1 Å². The van der Waals surface area contributed by atoms with Crippen LogP contribution >= 0.6 is 7.52 Å². The molecule has 26 heavy (non-hydrogen) atoms. The molecule has 2 atom stereocenters. The molecule has 0 amide bonds. The predicted molar refractivity (Wildman–Crippen MR) is 108 cm³/mol. The monoisotopic (exact) mass is 371 g/mol. The Bertz CT molecular complexity index is 693. The van der Waals surface area contributed by atoms with Crippen molar-refractivity contribution in [2.45, 2.75) is 33.2 Å². The van der Waals surface area contributed by atoms with Crippen LogP contribution in [0.1, 0.15) is 44.4 Å². The second-order valence-corrected chi connectivity index (χ2v) is 10.0. The number of benzene rings is 2. The first-order valence-corrected chi connectivity index (χ1v) is 11.4. The lowest BCUT2D eigenvalue weighted by Crippen LogP contribution is -2.35. The Kier molecular flexibility index (Phi) is 6.34. The van der Waals surface area contributed by atoms with E-state index in [1.54, 1.807) is 0 Å². The Morgan fingerprint density at radius 2 is 1.50 bits per heavy atom. The molecular formula is C22H30NO2P. The number of rotatable bonds is 6. The molecule has 1 aliphatic rings.